The zero-order chi connectivity index (χ0) is 18.9. The molecule has 2 aromatic heterocycles. The van der Waals surface area contributed by atoms with Crippen molar-refractivity contribution in [2.24, 2.45) is 0 Å². The number of hydrogen-bond donors (Lipinski definition) is 0. The highest BCUT2D eigenvalue weighted by Crippen LogP contribution is 2.40. The summed E-state index contributed by atoms with van der Waals surface area (Å²) < 4.78 is 6.45. The van der Waals surface area contributed by atoms with Crippen molar-refractivity contribution in [3.8, 4) is 0 Å². The molecule has 1 atom stereocenters. The van der Waals surface area contributed by atoms with Gasteiger partial charge in [0.15, 0.2) is 0 Å². The van der Waals surface area contributed by atoms with Gasteiger partial charge >= 0.3 is 0 Å². The second-order valence-corrected chi connectivity index (χ2v) is 8.40. The Kier molecular flexibility index (Phi) is 4.91. The highest BCUT2D eigenvalue weighted by atomic mass is 16.3. The van der Waals surface area contributed by atoms with Gasteiger partial charge in [-0.05, 0) is 76.5 Å². The van der Waals surface area contributed by atoms with E-state index in [9.17, 15) is 0 Å². The molecule has 0 amide bonds. The molecule has 2 saturated heterocycles. The van der Waals surface area contributed by atoms with Crippen LogP contribution in [0.5, 0.6) is 0 Å². The summed E-state index contributed by atoms with van der Waals surface area (Å²) >= 11 is 0. The van der Waals surface area contributed by atoms with Gasteiger partial charge in [-0.1, -0.05) is 24.3 Å². The van der Waals surface area contributed by atoms with E-state index in [1.165, 1.54) is 61.2 Å². The summed E-state index contributed by atoms with van der Waals surface area (Å²) in [5.41, 5.74) is 3.70. The van der Waals surface area contributed by atoms with Gasteiger partial charge in [-0.2, -0.15) is 0 Å². The first-order chi connectivity index (χ1) is 13.8. The number of hydrogen-bond acceptors (Lipinski definition) is 4. The number of piperidine rings is 1. The molecule has 28 heavy (non-hydrogen) atoms. The van der Waals surface area contributed by atoms with Crippen molar-refractivity contribution in [2.75, 3.05) is 26.7 Å². The lowest BCUT2D eigenvalue weighted by molar-refractivity contribution is 0.220. The largest absolute Gasteiger partial charge is 0.459 e. The van der Waals surface area contributed by atoms with Crippen LogP contribution in [0.15, 0.2) is 53.1 Å². The first-order valence-corrected chi connectivity index (χ1v) is 10.6. The summed E-state index contributed by atoms with van der Waals surface area (Å²) in [7, 11) is 2.23. The van der Waals surface area contributed by atoms with Crippen LogP contribution in [-0.4, -0.2) is 41.5 Å². The molecule has 4 heterocycles. The second kappa shape index (κ2) is 7.69. The van der Waals surface area contributed by atoms with Crippen molar-refractivity contribution in [1.82, 2.24) is 14.8 Å². The summed E-state index contributed by atoms with van der Waals surface area (Å²) in [6, 6.07) is 15.3. The number of furan rings is 1. The molecule has 0 saturated carbocycles. The minimum Gasteiger partial charge on any atom is -0.459 e. The lowest BCUT2D eigenvalue weighted by Crippen LogP contribution is -2.30. The molecule has 2 aliphatic heterocycles. The first-order valence-electron chi connectivity index (χ1n) is 10.6. The Morgan fingerprint density at radius 1 is 1.00 bits per heavy atom. The fourth-order valence-electron chi connectivity index (χ4n) is 5.09. The number of para-hydroxylation sites is 1. The maximum atomic E-state index is 6.45. The fourth-order valence-corrected chi connectivity index (χ4v) is 5.09. The number of nitrogens with zero attached hydrogens (tertiary/aromatic N) is 3. The quantitative estimate of drug-likeness (QED) is 0.644. The molecular formula is C24H29N3O. The third-order valence-corrected chi connectivity index (χ3v) is 6.58. The lowest BCUT2D eigenvalue weighted by Gasteiger charge is -2.30. The average molecular weight is 376 g/mol. The van der Waals surface area contributed by atoms with E-state index < -0.39 is 0 Å². The van der Waals surface area contributed by atoms with E-state index in [2.05, 4.69) is 58.2 Å². The third kappa shape index (κ3) is 3.36. The number of likely N-dealkylation sites (tertiary alicyclic amines) is 2. The highest BCUT2D eigenvalue weighted by molar-refractivity contribution is 5.83. The van der Waals surface area contributed by atoms with Gasteiger partial charge in [0, 0.05) is 17.1 Å². The summed E-state index contributed by atoms with van der Waals surface area (Å²) in [6.45, 7) is 4.34. The van der Waals surface area contributed by atoms with Gasteiger partial charge in [0.05, 0.1) is 18.3 Å². The molecule has 1 unspecified atom stereocenters. The van der Waals surface area contributed by atoms with Crippen LogP contribution in [0.1, 0.15) is 54.7 Å². The van der Waals surface area contributed by atoms with Crippen molar-refractivity contribution < 1.29 is 4.42 Å². The summed E-state index contributed by atoms with van der Waals surface area (Å²) in [6.07, 6.45) is 6.76. The molecule has 4 heteroatoms. The number of pyridine rings is 1. The third-order valence-electron chi connectivity index (χ3n) is 6.58. The zero-order valence-corrected chi connectivity index (χ0v) is 16.7. The van der Waals surface area contributed by atoms with E-state index in [0.29, 0.717) is 12.0 Å². The van der Waals surface area contributed by atoms with Crippen molar-refractivity contribution in [1.29, 1.82) is 0 Å². The molecule has 0 bridgehead atoms. The minimum absolute atomic E-state index is 0.403. The minimum atomic E-state index is 0.403. The standard InChI is InChI=1S/C24H29N3O/c1-26-15-11-18(12-16-26)24-19-7-2-3-10-22(19)28-23(24)17-27-14-6-9-21(27)20-8-4-5-13-25-20/h2-5,7-8,10,13,18,21H,6,9,11-12,14-17H2,1H3. The maximum absolute atomic E-state index is 6.45. The van der Waals surface area contributed by atoms with Crippen LogP contribution in [0.4, 0.5) is 0 Å². The Labute approximate surface area is 167 Å². The number of aromatic nitrogens is 1. The molecule has 0 spiro atoms. The van der Waals surface area contributed by atoms with Gasteiger partial charge in [0.1, 0.15) is 11.3 Å². The molecule has 2 aliphatic rings. The van der Waals surface area contributed by atoms with Crippen LogP contribution in [0, 0.1) is 0 Å². The predicted molar refractivity (Wildman–Crippen MR) is 112 cm³/mol. The van der Waals surface area contributed by atoms with E-state index in [0.717, 1.165) is 18.7 Å². The van der Waals surface area contributed by atoms with Crippen LogP contribution in [0.25, 0.3) is 11.0 Å². The topological polar surface area (TPSA) is 32.5 Å². The van der Waals surface area contributed by atoms with E-state index >= 15 is 0 Å². The van der Waals surface area contributed by atoms with Crippen molar-refractivity contribution in [3.63, 3.8) is 0 Å². The second-order valence-electron chi connectivity index (χ2n) is 8.40. The number of fused-ring (bicyclic) bond motifs is 1. The van der Waals surface area contributed by atoms with Crippen LogP contribution in [0.3, 0.4) is 0 Å². The van der Waals surface area contributed by atoms with Gasteiger partial charge in [-0.3, -0.25) is 9.88 Å². The summed E-state index contributed by atoms with van der Waals surface area (Å²) in [5.74, 6) is 1.78. The molecule has 0 aliphatic carbocycles. The molecule has 0 N–H and O–H groups in total. The number of rotatable bonds is 4. The smallest absolute Gasteiger partial charge is 0.134 e. The van der Waals surface area contributed by atoms with Crippen LogP contribution in [-0.2, 0) is 6.54 Å². The Morgan fingerprint density at radius 3 is 2.64 bits per heavy atom. The Morgan fingerprint density at radius 2 is 1.82 bits per heavy atom. The molecule has 5 rings (SSSR count). The van der Waals surface area contributed by atoms with Crippen molar-refractivity contribution >= 4 is 11.0 Å². The molecule has 0 radical (unpaired) electrons. The predicted octanol–water partition coefficient (Wildman–Crippen LogP) is 4.97. The SMILES string of the molecule is CN1CCC(c2c(CN3CCCC3c3ccccn3)oc3ccccc23)CC1. The van der Waals surface area contributed by atoms with E-state index in [-0.39, 0.29) is 0 Å². The molecular weight excluding hydrogens is 346 g/mol. The summed E-state index contributed by atoms with van der Waals surface area (Å²) in [4.78, 5) is 9.65. The molecule has 3 aromatic rings. The van der Waals surface area contributed by atoms with Gasteiger partial charge in [-0.15, -0.1) is 0 Å². The average Bonchev–Trinajstić information content (AvgIpc) is 3.34. The van der Waals surface area contributed by atoms with Gasteiger partial charge in [-0.25, -0.2) is 0 Å². The van der Waals surface area contributed by atoms with Crippen LogP contribution < -0.4 is 0 Å². The van der Waals surface area contributed by atoms with Crippen molar-refractivity contribution in [2.45, 2.75) is 44.2 Å². The molecule has 1 aromatic carbocycles. The van der Waals surface area contributed by atoms with Gasteiger partial charge < -0.3 is 9.32 Å². The zero-order valence-electron chi connectivity index (χ0n) is 16.7. The Hall–Kier alpha value is -2.17. The summed E-state index contributed by atoms with van der Waals surface area (Å²) in [5, 5.41) is 1.32. The molecule has 146 valence electrons. The van der Waals surface area contributed by atoms with Crippen LogP contribution in [0.2, 0.25) is 0 Å². The monoisotopic (exact) mass is 375 g/mol. The van der Waals surface area contributed by atoms with Gasteiger partial charge in [0.2, 0.25) is 0 Å². The fraction of sp³-hybridized carbons (Fsp3) is 0.458. The lowest BCUT2D eigenvalue weighted by atomic mass is 9.87. The highest BCUT2D eigenvalue weighted by Gasteiger charge is 2.31. The Bertz CT molecular complexity index is 927. The molecule has 2 fully saturated rings. The normalized spacial score (nSPS) is 22.2. The molecule has 4 nitrogen and oxygen atoms in total. The Balaban J connectivity index is 1.48. The van der Waals surface area contributed by atoms with E-state index in [1.54, 1.807) is 0 Å². The van der Waals surface area contributed by atoms with Gasteiger partial charge in [0.25, 0.3) is 0 Å². The van der Waals surface area contributed by atoms with E-state index in [1.807, 2.05) is 12.3 Å². The maximum Gasteiger partial charge on any atom is 0.134 e. The first kappa shape index (κ1) is 17.9. The van der Waals surface area contributed by atoms with Crippen molar-refractivity contribution in [3.05, 3.63) is 65.7 Å². The van der Waals surface area contributed by atoms with Crippen LogP contribution >= 0.6 is 0 Å². The number of benzene rings is 1. The van der Waals surface area contributed by atoms with E-state index in [4.69, 9.17) is 4.42 Å².